The normalized spacial score (nSPS) is 10.7. The topological polar surface area (TPSA) is 20.3 Å². The lowest BCUT2D eigenvalue weighted by atomic mass is 9.96. The van der Waals surface area contributed by atoms with Crippen LogP contribution in [0.25, 0.3) is 0 Å². The smallest absolute Gasteiger partial charge is 0.254 e. The minimum Gasteiger partial charge on any atom is -0.328 e. The summed E-state index contributed by atoms with van der Waals surface area (Å²) in [6.45, 7) is 4.69. The molecule has 3 rings (SSSR count). The molecule has 0 heterocycles. The van der Waals surface area contributed by atoms with Crippen LogP contribution in [0.15, 0.2) is 84.9 Å². The predicted molar refractivity (Wildman–Crippen MR) is 103 cm³/mol. The molecule has 2 nitrogen and oxygen atoms in total. The van der Waals surface area contributed by atoms with Crippen LogP contribution in [0.2, 0.25) is 0 Å². The standard InChI is InChI=1S/C23H23NO/c1-3-24(23(25)21-16-10-11-18(2)17-21)22(19-12-6-4-7-13-19)20-14-8-5-9-15-20/h4-17,22H,3H2,1-2H3. The van der Waals surface area contributed by atoms with E-state index in [4.69, 9.17) is 0 Å². The number of hydrogen-bond acceptors (Lipinski definition) is 1. The van der Waals surface area contributed by atoms with E-state index in [1.54, 1.807) is 0 Å². The van der Waals surface area contributed by atoms with Gasteiger partial charge in [-0.3, -0.25) is 4.79 Å². The predicted octanol–water partition coefficient (Wildman–Crippen LogP) is 5.25. The van der Waals surface area contributed by atoms with Gasteiger partial charge in [0.2, 0.25) is 0 Å². The van der Waals surface area contributed by atoms with Crippen LogP contribution in [-0.2, 0) is 0 Å². The van der Waals surface area contributed by atoms with Crippen LogP contribution < -0.4 is 0 Å². The van der Waals surface area contributed by atoms with E-state index in [0.29, 0.717) is 6.54 Å². The van der Waals surface area contributed by atoms with Crippen molar-refractivity contribution in [1.29, 1.82) is 0 Å². The fourth-order valence-electron chi connectivity index (χ4n) is 3.21. The Morgan fingerprint density at radius 3 is 1.88 bits per heavy atom. The van der Waals surface area contributed by atoms with Crippen LogP contribution in [0.1, 0.15) is 40.0 Å². The number of carbonyl (C=O) groups excluding carboxylic acids is 1. The van der Waals surface area contributed by atoms with Gasteiger partial charge < -0.3 is 4.90 Å². The number of amides is 1. The molecule has 3 aromatic carbocycles. The largest absolute Gasteiger partial charge is 0.328 e. The van der Waals surface area contributed by atoms with Crippen molar-refractivity contribution in [1.82, 2.24) is 4.90 Å². The van der Waals surface area contributed by atoms with E-state index in [1.165, 1.54) is 0 Å². The molecular formula is C23H23NO. The lowest BCUT2D eigenvalue weighted by Gasteiger charge is -2.32. The van der Waals surface area contributed by atoms with Crippen molar-refractivity contribution in [3.05, 3.63) is 107 Å². The monoisotopic (exact) mass is 329 g/mol. The number of rotatable bonds is 5. The summed E-state index contributed by atoms with van der Waals surface area (Å²) in [5, 5.41) is 0. The third-order valence-corrected chi connectivity index (χ3v) is 4.41. The number of aryl methyl sites for hydroxylation is 1. The van der Waals surface area contributed by atoms with Gasteiger partial charge in [-0.1, -0.05) is 78.4 Å². The first-order chi connectivity index (χ1) is 12.2. The van der Waals surface area contributed by atoms with Gasteiger partial charge in [-0.05, 0) is 37.1 Å². The Morgan fingerprint density at radius 1 is 0.840 bits per heavy atom. The second-order valence-electron chi connectivity index (χ2n) is 6.18. The van der Waals surface area contributed by atoms with E-state index in [9.17, 15) is 4.79 Å². The SMILES string of the molecule is CCN(C(=O)c1cccc(C)c1)C(c1ccccc1)c1ccccc1. The highest BCUT2D eigenvalue weighted by atomic mass is 16.2. The molecule has 0 radical (unpaired) electrons. The molecule has 0 saturated carbocycles. The number of benzene rings is 3. The molecule has 0 aromatic heterocycles. The molecule has 0 bridgehead atoms. The van der Waals surface area contributed by atoms with Gasteiger partial charge in [-0.15, -0.1) is 0 Å². The first-order valence-corrected chi connectivity index (χ1v) is 8.68. The molecule has 25 heavy (non-hydrogen) atoms. The Labute approximate surface area is 149 Å². The van der Waals surface area contributed by atoms with Crippen molar-refractivity contribution in [2.45, 2.75) is 19.9 Å². The number of nitrogens with zero attached hydrogens (tertiary/aromatic N) is 1. The van der Waals surface area contributed by atoms with Crippen molar-refractivity contribution in [2.75, 3.05) is 6.54 Å². The fraction of sp³-hybridized carbons (Fsp3) is 0.174. The summed E-state index contributed by atoms with van der Waals surface area (Å²) in [7, 11) is 0. The van der Waals surface area contributed by atoms with Gasteiger partial charge in [-0.2, -0.15) is 0 Å². The molecule has 2 heteroatoms. The first-order valence-electron chi connectivity index (χ1n) is 8.68. The molecule has 0 N–H and O–H groups in total. The van der Waals surface area contributed by atoms with Gasteiger partial charge in [0, 0.05) is 12.1 Å². The van der Waals surface area contributed by atoms with E-state index < -0.39 is 0 Å². The van der Waals surface area contributed by atoms with Gasteiger partial charge in [0.15, 0.2) is 0 Å². The van der Waals surface area contributed by atoms with Crippen LogP contribution >= 0.6 is 0 Å². The lowest BCUT2D eigenvalue weighted by Crippen LogP contribution is -2.35. The van der Waals surface area contributed by atoms with E-state index in [0.717, 1.165) is 22.3 Å². The van der Waals surface area contributed by atoms with Crippen molar-refractivity contribution in [2.24, 2.45) is 0 Å². The second-order valence-corrected chi connectivity index (χ2v) is 6.18. The molecule has 126 valence electrons. The summed E-state index contributed by atoms with van der Waals surface area (Å²) < 4.78 is 0. The molecule has 0 atom stereocenters. The molecule has 0 spiro atoms. The Kier molecular flexibility index (Phi) is 5.30. The number of carbonyl (C=O) groups is 1. The number of hydrogen-bond donors (Lipinski definition) is 0. The molecule has 3 aromatic rings. The van der Waals surface area contributed by atoms with Crippen molar-refractivity contribution in [3.8, 4) is 0 Å². The Hall–Kier alpha value is -2.87. The lowest BCUT2D eigenvalue weighted by molar-refractivity contribution is 0.0717. The maximum Gasteiger partial charge on any atom is 0.254 e. The van der Waals surface area contributed by atoms with Gasteiger partial charge in [0.1, 0.15) is 0 Å². The summed E-state index contributed by atoms with van der Waals surface area (Å²) >= 11 is 0. The van der Waals surface area contributed by atoms with E-state index in [1.807, 2.05) is 79.4 Å². The van der Waals surface area contributed by atoms with Crippen LogP contribution in [0.4, 0.5) is 0 Å². The van der Waals surface area contributed by atoms with Gasteiger partial charge in [0.25, 0.3) is 5.91 Å². The summed E-state index contributed by atoms with van der Waals surface area (Å²) in [5.41, 5.74) is 4.07. The van der Waals surface area contributed by atoms with Crippen LogP contribution in [0, 0.1) is 6.92 Å². The van der Waals surface area contributed by atoms with Gasteiger partial charge in [0.05, 0.1) is 6.04 Å². The van der Waals surface area contributed by atoms with Gasteiger partial charge in [-0.25, -0.2) is 0 Å². The highest BCUT2D eigenvalue weighted by Crippen LogP contribution is 2.29. The molecule has 0 fully saturated rings. The molecule has 0 aliphatic carbocycles. The third kappa shape index (κ3) is 3.80. The highest BCUT2D eigenvalue weighted by Gasteiger charge is 2.26. The Morgan fingerprint density at radius 2 is 1.40 bits per heavy atom. The van der Waals surface area contributed by atoms with E-state index in [2.05, 4.69) is 24.3 Å². The van der Waals surface area contributed by atoms with Crippen LogP contribution in [0.3, 0.4) is 0 Å². The summed E-state index contributed by atoms with van der Waals surface area (Å²) in [6.07, 6.45) is 0. The summed E-state index contributed by atoms with van der Waals surface area (Å²) in [4.78, 5) is 15.2. The maximum atomic E-state index is 13.2. The Balaban J connectivity index is 2.05. The maximum absolute atomic E-state index is 13.2. The Bertz CT molecular complexity index is 787. The molecule has 0 aliphatic rings. The fourth-order valence-corrected chi connectivity index (χ4v) is 3.21. The van der Waals surface area contributed by atoms with Crippen LogP contribution in [0.5, 0.6) is 0 Å². The van der Waals surface area contributed by atoms with Crippen molar-refractivity contribution >= 4 is 5.91 Å². The third-order valence-electron chi connectivity index (χ3n) is 4.41. The molecule has 0 saturated heterocycles. The zero-order valence-corrected chi connectivity index (χ0v) is 14.7. The minimum atomic E-state index is -0.0968. The quantitative estimate of drug-likeness (QED) is 0.626. The molecule has 0 aliphatic heterocycles. The van der Waals surface area contributed by atoms with E-state index >= 15 is 0 Å². The zero-order chi connectivity index (χ0) is 17.6. The summed E-state index contributed by atoms with van der Waals surface area (Å²) in [6, 6.07) is 28.2. The molecule has 1 amide bonds. The highest BCUT2D eigenvalue weighted by molar-refractivity contribution is 5.95. The molecule has 0 unspecified atom stereocenters. The van der Waals surface area contributed by atoms with E-state index in [-0.39, 0.29) is 11.9 Å². The average Bonchev–Trinajstić information content (AvgIpc) is 2.67. The zero-order valence-electron chi connectivity index (χ0n) is 14.7. The minimum absolute atomic E-state index is 0.0592. The first kappa shape index (κ1) is 17.0. The van der Waals surface area contributed by atoms with Crippen LogP contribution in [-0.4, -0.2) is 17.4 Å². The van der Waals surface area contributed by atoms with Crippen molar-refractivity contribution < 1.29 is 4.79 Å². The average molecular weight is 329 g/mol. The van der Waals surface area contributed by atoms with Crippen molar-refractivity contribution in [3.63, 3.8) is 0 Å². The molecular weight excluding hydrogens is 306 g/mol. The summed E-state index contributed by atoms with van der Waals surface area (Å²) in [5.74, 6) is 0.0592. The second kappa shape index (κ2) is 7.80. The van der Waals surface area contributed by atoms with Gasteiger partial charge >= 0.3 is 0 Å².